The molecular formula is C13H26. The van der Waals surface area contributed by atoms with Gasteiger partial charge in [0.25, 0.3) is 0 Å². The van der Waals surface area contributed by atoms with Crippen molar-refractivity contribution in [3.8, 4) is 0 Å². The van der Waals surface area contributed by atoms with Crippen LogP contribution >= 0.6 is 0 Å². The molecule has 1 aliphatic rings. The van der Waals surface area contributed by atoms with Gasteiger partial charge in [-0.1, -0.05) is 47.5 Å². The first kappa shape index (κ1) is 11.1. The van der Waals surface area contributed by atoms with Gasteiger partial charge in [-0.2, -0.15) is 0 Å². The van der Waals surface area contributed by atoms with Crippen LogP contribution in [0.4, 0.5) is 0 Å². The van der Waals surface area contributed by atoms with Gasteiger partial charge in [-0.3, -0.25) is 0 Å². The molecule has 78 valence electrons. The molecular weight excluding hydrogens is 156 g/mol. The van der Waals surface area contributed by atoms with Crippen molar-refractivity contribution in [2.24, 2.45) is 23.2 Å². The lowest BCUT2D eigenvalue weighted by Crippen LogP contribution is -2.36. The molecule has 1 rings (SSSR count). The van der Waals surface area contributed by atoms with Crippen LogP contribution in [-0.2, 0) is 0 Å². The molecule has 1 saturated carbocycles. The highest BCUT2D eigenvalue weighted by atomic mass is 14.5. The van der Waals surface area contributed by atoms with Crippen LogP contribution in [-0.4, -0.2) is 0 Å². The molecule has 0 unspecified atom stereocenters. The van der Waals surface area contributed by atoms with E-state index in [1.54, 1.807) is 0 Å². The fourth-order valence-corrected chi connectivity index (χ4v) is 3.16. The Morgan fingerprint density at radius 1 is 0.923 bits per heavy atom. The number of hydrogen-bond acceptors (Lipinski definition) is 0. The molecule has 0 amide bonds. The molecule has 0 aromatic rings. The van der Waals surface area contributed by atoms with Gasteiger partial charge in [0.05, 0.1) is 0 Å². The third-order valence-electron chi connectivity index (χ3n) is 4.72. The van der Waals surface area contributed by atoms with E-state index >= 15 is 0 Å². The second kappa shape index (κ2) is 4.02. The molecule has 0 heterocycles. The molecule has 0 aliphatic heterocycles. The topological polar surface area (TPSA) is 0 Å². The van der Waals surface area contributed by atoms with Crippen molar-refractivity contribution in [3.05, 3.63) is 0 Å². The van der Waals surface area contributed by atoms with Crippen molar-refractivity contribution in [1.82, 2.24) is 0 Å². The molecule has 0 aromatic heterocycles. The van der Waals surface area contributed by atoms with Gasteiger partial charge >= 0.3 is 0 Å². The summed E-state index contributed by atoms with van der Waals surface area (Å²) in [5.41, 5.74) is 0.580. The second-order valence-electron chi connectivity index (χ2n) is 5.66. The summed E-state index contributed by atoms with van der Waals surface area (Å²) in [6.45, 7) is 12.1. The van der Waals surface area contributed by atoms with Gasteiger partial charge in [0.1, 0.15) is 0 Å². The van der Waals surface area contributed by atoms with Gasteiger partial charge in [-0.25, -0.2) is 0 Å². The maximum Gasteiger partial charge on any atom is -0.0251 e. The molecule has 0 saturated heterocycles. The van der Waals surface area contributed by atoms with E-state index in [0.717, 1.165) is 17.8 Å². The molecule has 0 aromatic carbocycles. The average Bonchev–Trinajstić information content (AvgIpc) is 2.54. The zero-order valence-electron chi connectivity index (χ0n) is 10.1. The number of hydrogen-bond donors (Lipinski definition) is 0. The first-order valence-corrected chi connectivity index (χ1v) is 5.99. The minimum Gasteiger partial charge on any atom is -0.0622 e. The highest BCUT2D eigenvalue weighted by Crippen LogP contribution is 2.49. The van der Waals surface area contributed by atoms with Crippen molar-refractivity contribution < 1.29 is 0 Å². The Morgan fingerprint density at radius 2 is 1.31 bits per heavy atom. The lowest BCUT2D eigenvalue weighted by atomic mass is 9.62. The number of rotatable bonds is 3. The largest absolute Gasteiger partial charge is 0.0622 e. The maximum absolute atomic E-state index is 2.51. The van der Waals surface area contributed by atoms with E-state index < -0.39 is 0 Å². The zero-order chi connectivity index (χ0) is 10.1. The summed E-state index contributed by atoms with van der Waals surface area (Å²) in [7, 11) is 0. The summed E-state index contributed by atoms with van der Waals surface area (Å²) < 4.78 is 0. The smallest absolute Gasteiger partial charge is 0.0251 e. The van der Waals surface area contributed by atoms with E-state index in [4.69, 9.17) is 0 Å². The molecule has 0 heteroatoms. The van der Waals surface area contributed by atoms with Crippen LogP contribution in [0.15, 0.2) is 0 Å². The van der Waals surface area contributed by atoms with Crippen LogP contribution in [0, 0.1) is 23.2 Å². The van der Waals surface area contributed by atoms with Crippen LogP contribution in [0.5, 0.6) is 0 Å². The van der Waals surface area contributed by atoms with Crippen LogP contribution < -0.4 is 0 Å². The Hall–Kier alpha value is 0. The van der Waals surface area contributed by atoms with Crippen LogP contribution in [0.2, 0.25) is 0 Å². The normalized spacial score (nSPS) is 20.5. The summed E-state index contributed by atoms with van der Waals surface area (Å²) in [6.07, 6.45) is 5.90. The first-order chi connectivity index (χ1) is 5.99. The lowest BCUT2D eigenvalue weighted by molar-refractivity contribution is 0.0561. The van der Waals surface area contributed by atoms with Crippen molar-refractivity contribution in [2.75, 3.05) is 0 Å². The summed E-state index contributed by atoms with van der Waals surface area (Å²) in [5.74, 6) is 2.65. The van der Waals surface area contributed by atoms with Crippen molar-refractivity contribution in [2.45, 2.75) is 60.3 Å². The van der Waals surface area contributed by atoms with E-state index in [2.05, 4.69) is 34.6 Å². The van der Waals surface area contributed by atoms with Gasteiger partial charge in [0, 0.05) is 0 Å². The third kappa shape index (κ3) is 1.92. The molecule has 0 nitrogen and oxygen atoms in total. The van der Waals surface area contributed by atoms with E-state index in [0.29, 0.717) is 5.41 Å². The zero-order valence-corrected chi connectivity index (χ0v) is 10.1. The van der Waals surface area contributed by atoms with E-state index in [-0.39, 0.29) is 0 Å². The molecule has 1 fully saturated rings. The first-order valence-electron chi connectivity index (χ1n) is 5.99. The minimum atomic E-state index is 0.580. The van der Waals surface area contributed by atoms with Gasteiger partial charge in [0.2, 0.25) is 0 Å². The van der Waals surface area contributed by atoms with Crippen molar-refractivity contribution >= 4 is 0 Å². The van der Waals surface area contributed by atoms with Crippen LogP contribution in [0.25, 0.3) is 0 Å². The van der Waals surface area contributed by atoms with E-state index in [1.807, 2.05) is 0 Å². The van der Waals surface area contributed by atoms with Gasteiger partial charge in [-0.15, -0.1) is 0 Å². The lowest BCUT2D eigenvalue weighted by Gasteiger charge is -2.43. The van der Waals surface area contributed by atoms with Crippen LogP contribution in [0.1, 0.15) is 60.3 Å². The Kier molecular flexibility index (Phi) is 3.43. The summed E-state index contributed by atoms with van der Waals surface area (Å²) in [5, 5.41) is 0. The van der Waals surface area contributed by atoms with Gasteiger partial charge < -0.3 is 0 Å². The van der Waals surface area contributed by atoms with Gasteiger partial charge in [-0.05, 0) is 36.0 Å². The predicted molar refractivity (Wildman–Crippen MR) is 59.7 cm³/mol. The fraction of sp³-hybridized carbons (Fsp3) is 1.00. The molecule has 0 atom stereocenters. The third-order valence-corrected chi connectivity index (χ3v) is 4.72. The highest BCUT2D eigenvalue weighted by Gasteiger charge is 2.40. The van der Waals surface area contributed by atoms with Crippen molar-refractivity contribution in [1.29, 1.82) is 0 Å². The second-order valence-corrected chi connectivity index (χ2v) is 5.66. The summed E-state index contributed by atoms with van der Waals surface area (Å²) >= 11 is 0. The Morgan fingerprint density at radius 3 is 1.62 bits per heavy atom. The maximum atomic E-state index is 2.51. The van der Waals surface area contributed by atoms with E-state index in [9.17, 15) is 0 Å². The quantitative estimate of drug-likeness (QED) is 0.603. The Balaban J connectivity index is 2.76. The molecule has 0 N–H and O–H groups in total. The molecule has 0 spiro atoms. The van der Waals surface area contributed by atoms with Crippen LogP contribution in [0.3, 0.4) is 0 Å². The minimum absolute atomic E-state index is 0.580. The monoisotopic (exact) mass is 182 g/mol. The molecule has 0 radical (unpaired) electrons. The molecule has 0 bridgehead atoms. The SMILES string of the molecule is CC(C)C(C)(C(C)C)C1CCCC1. The average molecular weight is 182 g/mol. The summed E-state index contributed by atoms with van der Waals surface area (Å²) in [4.78, 5) is 0. The Bertz CT molecular complexity index is 141. The molecule has 13 heavy (non-hydrogen) atoms. The highest BCUT2D eigenvalue weighted by molar-refractivity contribution is 4.90. The molecule has 1 aliphatic carbocycles. The summed E-state index contributed by atoms with van der Waals surface area (Å²) in [6, 6.07) is 0. The van der Waals surface area contributed by atoms with E-state index in [1.165, 1.54) is 25.7 Å². The predicted octanol–water partition coefficient (Wildman–Crippen LogP) is 4.49. The van der Waals surface area contributed by atoms with Gasteiger partial charge in [0.15, 0.2) is 0 Å². The fourth-order valence-electron chi connectivity index (χ4n) is 3.16. The Labute approximate surface area is 84.1 Å². The van der Waals surface area contributed by atoms with Crippen molar-refractivity contribution in [3.63, 3.8) is 0 Å². The standard InChI is InChI=1S/C13H26/c1-10(2)13(5,11(3)4)12-8-6-7-9-12/h10-12H,6-9H2,1-5H3.